The maximum Gasteiger partial charge on any atom is 0.255 e. The molecule has 6 nitrogen and oxygen atoms in total. The van der Waals surface area contributed by atoms with Gasteiger partial charge >= 0.3 is 0 Å². The standard InChI is InChI=1S/C26H24N4O2/c1-32-18-10-8-17(9-11-18)25-24-22(27-15-28-24)12-13-30(25)26(31)20-14-23(16-6-7-16)29-21-5-3-2-4-19(20)21/h2-5,8-11,14-16,25H,6-7,12-13H2,1H3,(H,27,28)/t25-/m1/s1. The number of H-pyrrole nitrogens is 1. The third-order valence-electron chi connectivity index (χ3n) is 6.58. The molecule has 3 heterocycles. The van der Waals surface area contributed by atoms with Crippen molar-refractivity contribution < 1.29 is 9.53 Å². The number of imidazole rings is 1. The molecule has 1 N–H and O–H groups in total. The lowest BCUT2D eigenvalue weighted by Gasteiger charge is -2.35. The minimum absolute atomic E-state index is 0.0277. The SMILES string of the molecule is COc1ccc([C@@H]2c3nc[nH]c3CCN2C(=O)c2cc(C3CC3)nc3ccccc23)cc1. The summed E-state index contributed by atoms with van der Waals surface area (Å²) in [7, 11) is 1.66. The van der Waals surface area contributed by atoms with Crippen molar-refractivity contribution in [3.8, 4) is 5.75 Å². The Morgan fingerprint density at radius 2 is 1.94 bits per heavy atom. The van der Waals surface area contributed by atoms with E-state index < -0.39 is 0 Å². The second-order valence-corrected chi connectivity index (χ2v) is 8.58. The monoisotopic (exact) mass is 424 g/mol. The molecule has 1 amide bonds. The van der Waals surface area contributed by atoms with Crippen LogP contribution in [-0.2, 0) is 6.42 Å². The molecule has 0 radical (unpaired) electrons. The lowest BCUT2D eigenvalue weighted by Crippen LogP contribution is -2.41. The van der Waals surface area contributed by atoms with E-state index in [0.29, 0.717) is 12.5 Å². The lowest BCUT2D eigenvalue weighted by molar-refractivity contribution is 0.0692. The van der Waals surface area contributed by atoms with Gasteiger partial charge in [-0.25, -0.2) is 4.98 Å². The Kier molecular flexibility index (Phi) is 4.45. The molecule has 1 saturated carbocycles. The summed E-state index contributed by atoms with van der Waals surface area (Å²) in [6.07, 6.45) is 4.77. The number of nitrogens with zero attached hydrogens (tertiary/aromatic N) is 3. The van der Waals surface area contributed by atoms with Gasteiger partial charge in [0.25, 0.3) is 5.91 Å². The topological polar surface area (TPSA) is 71.1 Å². The van der Waals surface area contributed by atoms with Gasteiger partial charge in [-0.05, 0) is 42.7 Å². The number of amides is 1. The second-order valence-electron chi connectivity index (χ2n) is 8.58. The summed E-state index contributed by atoms with van der Waals surface area (Å²) >= 11 is 0. The van der Waals surface area contributed by atoms with E-state index >= 15 is 0 Å². The third-order valence-corrected chi connectivity index (χ3v) is 6.58. The summed E-state index contributed by atoms with van der Waals surface area (Å²) in [6, 6.07) is 17.6. The highest BCUT2D eigenvalue weighted by Gasteiger charge is 2.36. The predicted octanol–water partition coefficient (Wildman–Crippen LogP) is 4.63. The smallest absolute Gasteiger partial charge is 0.255 e. The fourth-order valence-electron chi connectivity index (χ4n) is 4.74. The van der Waals surface area contributed by atoms with Crippen LogP contribution in [0.3, 0.4) is 0 Å². The number of aromatic amines is 1. The molecule has 0 spiro atoms. The van der Waals surface area contributed by atoms with Crippen LogP contribution in [0.2, 0.25) is 0 Å². The Labute approximate surface area is 186 Å². The van der Waals surface area contributed by atoms with Crippen LogP contribution < -0.4 is 4.74 Å². The van der Waals surface area contributed by atoms with Gasteiger partial charge in [0.05, 0.1) is 30.2 Å². The zero-order chi connectivity index (χ0) is 21.7. The van der Waals surface area contributed by atoms with Crippen molar-refractivity contribution in [2.75, 3.05) is 13.7 Å². The van der Waals surface area contributed by atoms with Crippen LogP contribution in [0.5, 0.6) is 5.75 Å². The van der Waals surface area contributed by atoms with Gasteiger partial charge in [-0.15, -0.1) is 0 Å². The van der Waals surface area contributed by atoms with Crippen LogP contribution in [-0.4, -0.2) is 39.4 Å². The van der Waals surface area contributed by atoms with E-state index in [9.17, 15) is 4.79 Å². The number of hydrogen-bond donors (Lipinski definition) is 1. The Hall–Kier alpha value is -3.67. The van der Waals surface area contributed by atoms with E-state index in [1.165, 1.54) is 0 Å². The average molecular weight is 425 g/mol. The van der Waals surface area contributed by atoms with Crippen molar-refractivity contribution in [1.29, 1.82) is 0 Å². The Morgan fingerprint density at radius 1 is 1.12 bits per heavy atom. The molecule has 0 unspecified atom stereocenters. The molecule has 1 aliphatic heterocycles. The first-order valence-corrected chi connectivity index (χ1v) is 11.1. The molecule has 2 aliphatic rings. The van der Waals surface area contributed by atoms with E-state index in [1.807, 2.05) is 59.5 Å². The van der Waals surface area contributed by atoms with Crippen LogP contribution in [0, 0.1) is 0 Å². The Balaban J connectivity index is 1.47. The van der Waals surface area contributed by atoms with Gasteiger partial charge in [0.2, 0.25) is 0 Å². The molecule has 1 aliphatic carbocycles. The zero-order valence-electron chi connectivity index (χ0n) is 17.9. The molecule has 2 aromatic heterocycles. The number of fused-ring (bicyclic) bond motifs is 2. The van der Waals surface area contributed by atoms with Crippen molar-refractivity contribution >= 4 is 16.8 Å². The quantitative estimate of drug-likeness (QED) is 0.518. The van der Waals surface area contributed by atoms with E-state index in [0.717, 1.165) is 64.1 Å². The van der Waals surface area contributed by atoms with Gasteiger partial charge in [0.1, 0.15) is 11.8 Å². The van der Waals surface area contributed by atoms with E-state index in [-0.39, 0.29) is 11.9 Å². The number of methoxy groups -OCH3 is 1. The van der Waals surface area contributed by atoms with Crippen molar-refractivity contribution in [1.82, 2.24) is 19.9 Å². The first-order chi connectivity index (χ1) is 15.7. The number of para-hydroxylation sites is 1. The number of ether oxygens (including phenoxy) is 1. The third kappa shape index (κ3) is 3.14. The van der Waals surface area contributed by atoms with Crippen molar-refractivity contribution in [3.05, 3.63) is 89.1 Å². The number of benzene rings is 2. The molecule has 0 bridgehead atoms. The molecule has 4 aromatic rings. The van der Waals surface area contributed by atoms with Gasteiger partial charge in [-0.1, -0.05) is 30.3 Å². The molecular weight excluding hydrogens is 400 g/mol. The van der Waals surface area contributed by atoms with E-state index in [1.54, 1.807) is 13.4 Å². The number of hydrogen-bond acceptors (Lipinski definition) is 4. The van der Waals surface area contributed by atoms with Crippen molar-refractivity contribution in [2.45, 2.75) is 31.2 Å². The summed E-state index contributed by atoms with van der Waals surface area (Å²) in [5.74, 6) is 1.29. The Bertz CT molecular complexity index is 1310. The number of nitrogens with one attached hydrogen (secondary N) is 1. The van der Waals surface area contributed by atoms with Crippen LogP contribution in [0.25, 0.3) is 10.9 Å². The number of aromatic nitrogens is 3. The highest BCUT2D eigenvalue weighted by atomic mass is 16.5. The number of pyridine rings is 1. The van der Waals surface area contributed by atoms with Crippen LogP contribution in [0.15, 0.2) is 60.9 Å². The molecule has 32 heavy (non-hydrogen) atoms. The molecule has 6 heteroatoms. The predicted molar refractivity (Wildman–Crippen MR) is 122 cm³/mol. The summed E-state index contributed by atoms with van der Waals surface area (Å²) in [5.41, 5.74) is 5.68. The summed E-state index contributed by atoms with van der Waals surface area (Å²) < 4.78 is 5.33. The second kappa shape index (κ2) is 7.48. The van der Waals surface area contributed by atoms with Gasteiger partial charge in [0.15, 0.2) is 0 Å². The van der Waals surface area contributed by atoms with E-state index in [4.69, 9.17) is 9.72 Å². The van der Waals surface area contributed by atoms with Gasteiger partial charge in [-0.2, -0.15) is 0 Å². The fraction of sp³-hybridized carbons (Fsp3) is 0.269. The molecule has 2 aromatic carbocycles. The van der Waals surface area contributed by atoms with Crippen LogP contribution in [0.1, 0.15) is 57.8 Å². The highest BCUT2D eigenvalue weighted by molar-refractivity contribution is 6.06. The summed E-state index contributed by atoms with van der Waals surface area (Å²) in [6.45, 7) is 0.625. The Morgan fingerprint density at radius 3 is 2.72 bits per heavy atom. The maximum atomic E-state index is 14.1. The lowest BCUT2D eigenvalue weighted by atomic mass is 9.94. The first-order valence-electron chi connectivity index (χ1n) is 11.1. The normalized spacial score (nSPS) is 17.9. The highest BCUT2D eigenvalue weighted by Crippen LogP contribution is 2.41. The molecule has 6 rings (SSSR count). The number of carbonyl (C=O) groups is 1. The zero-order valence-corrected chi connectivity index (χ0v) is 17.9. The largest absolute Gasteiger partial charge is 0.497 e. The minimum Gasteiger partial charge on any atom is -0.497 e. The van der Waals surface area contributed by atoms with Crippen LogP contribution in [0.4, 0.5) is 0 Å². The fourth-order valence-corrected chi connectivity index (χ4v) is 4.74. The van der Waals surface area contributed by atoms with Gasteiger partial charge < -0.3 is 14.6 Å². The summed E-state index contributed by atoms with van der Waals surface area (Å²) in [4.78, 5) is 28.8. The molecule has 160 valence electrons. The molecular formula is C26H24N4O2. The van der Waals surface area contributed by atoms with Crippen molar-refractivity contribution in [2.24, 2.45) is 0 Å². The maximum absolute atomic E-state index is 14.1. The molecule has 0 saturated heterocycles. The summed E-state index contributed by atoms with van der Waals surface area (Å²) in [5, 5.41) is 0.906. The number of carbonyl (C=O) groups excluding carboxylic acids is 1. The minimum atomic E-state index is -0.250. The number of rotatable bonds is 4. The average Bonchev–Trinajstić information content (AvgIpc) is 3.59. The first kappa shape index (κ1) is 19.0. The van der Waals surface area contributed by atoms with Crippen molar-refractivity contribution in [3.63, 3.8) is 0 Å². The van der Waals surface area contributed by atoms with Gasteiger partial charge in [0, 0.05) is 35.7 Å². The molecule has 1 fully saturated rings. The van der Waals surface area contributed by atoms with Gasteiger partial charge in [-0.3, -0.25) is 9.78 Å². The van der Waals surface area contributed by atoms with Crippen LogP contribution >= 0.6 is 0 Å². The molecule has 1 atom stereocenters. The van der Waals surface area contributed by atoms with E-state index in [2.05, 4.69) is 9.97 Å².